The molecule has 0 aromatic carbocycles. The van der Waals surface area contributed by atoms with Crippen LogP contribution in [0.4, 0.5) is 0 Å². The van der Waals surface area contributed by atoms with Crippen molar-refractivity contribution < 1.29 is 0 Å². The lowest BCUT2D eigenvalue weighted by Crippen LogP contribution is -2.31. The average Bonchev–Trinajstić information content (AvgIpc) is 2.28. The van der Waals surface area contributed by atoms with E-state index in [1.165, 1.54) is 32.1 Å². The molecule has 58 valence electrons. The molecule has 1 aliphatic carbocycles. The maximum absolute atomic E-state index is 3.52. The lowest BCUT2D eigenvalue weighted by molar-refractivity contribution is 0.484. The van der Waals surface area contributed by atoms with Crippen molar-refractivity contribution in [2.45, 2.75) is 44.2 Å². The zero-order valence-electron chi connectivity index (χ0n) is 6.19. The zero-order valence-corrected chi connectivity index (χ0v) is 7.19. The maximum atomic E-state index is 3.52. The molecule has 1 saturated carbocycles. The van der Waals surface area contributed by atoms with E-state index in [-0.39, 0.29) is 0 Å². The van der Waals surface area contributed by atoms with E-state index in [1.54, 1.807) is 0 Å². The molecule has 0 aromatic rings. The molecule has 2 atom stereocenters. The lowest BCUT2D eigenvalue weighted by Gasteiger charge is -2.13. The Morgan fingerprint density at radius 1 is 0.900 bits per heavy atom. The molecule has 0 aromatic heterocycles. The van der Waals surface area contributed by atoms with E-state index in [0.717, 1.165) is 21.0 Å². The van der Waals surface area contributed by atoms with Crippen molar-refractivity contribution in [3.8, 4) is 0 Å². The van der Waals surface area contributed by atoms with E-state index in [9.17, 15) is 0 Å². The van der Waals surface area contributed by atoms with Gasteiger partial charge in [0.25, 0.3) is 0 Å². The summed E-state index contributed by atoms with van der Waals surface area (Å²) in [7, 11) is 0.820. The summed E-state index contributed by atoms with van der Waals surface area (Å²) >= 11 is 0. The van der Waals surface area contributed by atoms with Gasteiger partial charge in [0.15, 0.2) is 0 Å². The van der Waals surface area contributed by atoms with Crippen LogP contribution in [0.2, 0.25) is 0 Å². The van der Waals surface area contributed by atoms with Crippen LogP contribution in [0.15, 0.2) is 0 Å². The molecule has 1 saturated heterocycles. The van der Waals surface area contributed by atoms with Gasteiger partial charge in [0.2, 0.25) is 0 Å². The molecule has 1 aliphatic heterocycles. The van der Waals surface area contributed by atoms with Crippen molar-refractivity contribution in [2.75, 3.05) is 0 Å². The lowest BCUT2D eigenvalue weighted by atomic mass is 10.1. The van der Waals surface area contributed by atoms with Crippen molar-refractivity contribution in [2.24, 2.45) is 0 Å². The van der Waals surface area contributed by atoms with Crippen LogP contribution in [-0.2, 0) is 0 Å². The van der Waals surface area contributed by atoms with Crippen LogP contribution in [0.5, 0.6) is 0 Å². The molecule has 2 fully saturated rings. The normalized spacial score (nSPS) is 40.8. The minimum absolute atomic E-state index is 0.806. The molecule has 0 unspecified atom stereocenters. The highest BCUT2D eigenvalue weighted by Crippen LogP contribution is 2.26. The minimum atomic E-state index is 0.806. The number of rotatable bonds is 0. The van der Waals surface area contributed by atoms with E-state index in [2.05, 4.69) is 10.2 Å². The predicted octanol–water partition coefficient (Wildman–Crippen LogP) is 1.39. The predicted molar refractivity (Wildman–Crippen MR) is 45.2 cm³/mol. The second-order valence-electron chi connectivity index (χ2n) is 3.26. The molecular weight excluding hydrogens is 143 g/mol. The third-order valence-corrected chi connectivity index (χ3v) is 3.56. The molecule has 0 amide bonds. The molecule has 2 aliphatic rings. The van der Waals surface area contributed by atoms with E-state index in [0.29, 0.717) is 0 Å². The Balaban J connectivity index is 1.95. The van der Waals surface area contributed by atoms with Crippen molar-refractivity contribution in [3.05, 3.63) is 0 Å². The Hall–Kier alpha value is 0.350. The van der Waals surface area contributed by atoms with Gasteiger partial charge in [-0.25, -0.2) is 0 Å². The van der Waals surface area contributed by atoms with Gasteiger partial charge in [-0.3, -0.25) is 10.2 Å². The number of hydrogen-bond donors (Lipinski definition) is 2. The Morgan fingerprint density at radius 2 is 1.50 bits per heavy atom. The molecule has 1 heterocycles. The Labute approximate surface area is 64.0 Å². The van der Waals surface area contributed by atoms with E-state index < -0.39 is 0 Å². The SMILES string of the molecule is C1CC[C@H]2NPN[C@@H]2CC1. The summed E-state index contributed by atoms with van der Waals surface area (Å²) in [6.07, 6.45) is 7.09. The van der Waals surface area contributed by atoms with Crippen LogP contribution < -0.4 is 10.2 Å². The number of fused-ring (bicyclic) bond motifs is 1. The minimum Gasteiger partial charge on any atom is -0.282 e. The van der Waals surface area contributed by atoms with Gasteiger partial charge in [0.1, 0.15) is 0 Å². The summed E-state index contributed by atoms with van der Waals surface area (Å²) < 4.78 is 0. The summed E-state index contributed by atoms with van der Waals surface area (Å²) in [5.41, 5.74) is 0. The highest BCUT2D eigenvalue weighted by Gasteiger charge is 2.26. The van der Waals surface area contributed by atoms with Crippen LogP contribution in [0.1, 0.15) is 32.1 Å². The fourth-order valence-electron chi connectivity index (χ4n) is 1.88. The monoisotopic (exact) mass is 158 g/mol. The summed E-state index contributed by atoms with van der Waals surface area (Å²) in [6.45, 7) is 0. The average molecular weight is 158 g/mol. The van der Waals surface area contributed by atoms with E-state index in [1.807, 2.05) is 0 Å². The second-order valence-corrected chi connectivity index (χ2v) is 4.09. The highest BCUT2D eigenvalue weighted by atomic mass is 31.1. The first kappa shape index (κ1) is 7.02. The zero-order chi connectivity index (χ0) is 6.81. The molecule has 2 nitrogen and oxygen atoms in total. The van der Waals surface area contributed by atoms with Gasteiger partial charge in [-0.05, 0) is 12.8 Å². The molecule has 0 spiro atoms. The van der Waals surface area contributed by atoms with Gasteiger partial charge in [0, 0.05) is 21.0 Å². The van der Waals surface area contributed by atoms with Gasteiger partial charge in [-0.1, -0.05) is 19.3 Å². The van der Waals surface area contributed by atoms with E-state index in [4.69, 9.17) is 0 Å². The van der Waals surface area contributed by atoms with Gasteiger partial charge in [-0.15, -0.1) is 0 Å². The highest BCUT2D eigenvalue weighted by molar-refractivity contribution is 7.33. The fourth-order valence-corrected chi connectivity index (χ4v) is 3.03. The number of nitrogens with one attached hydrogen (secondary N) is 2. The standard InChI is InChI=1S/C7H15N2P/c1-2-4-6-7(5-3-1)9-10-8-6/h6-10H,1-5H2/t6-,7-/m1/s1. The first-order valence-corrected chi connectivity index (χ1v) is 5.23. The molecule has 2 N–H and O–H groups in total. The topological polar surface area (TPSA) is 24.1 Å². The van der Waals surface area contributed by atoms with Crippen LogP contribution in [0, 0.1) is 0 Å². The third-order valence-electron chi connectivity index (χ3n) is 2.53. The van der Waals surface area contributed by atoms with Crippen LogP contribution in [-0.4, -0.2) is 12.1 Å². The molecule has 3 heteroatoms. The molecule has 0 bridgehead atoms. The molecule has 0 radical (unpaired) electrons. The maximum Gasteiger partial charge on any atom is 0.0269 e. The summed E-state index contributed by atoms with van der Waals surface area (Å²) in [5, 5.41) is 7.03. The molecular formula is C7H15N2P. The second kappa shape index (κ2) is 3.17. The van der Waals surface area contributed by atoms with Crippen molar-refractivity contribution in [3.63, 3.8) is 0 Å². The van der Waals surface area contributed by atoms with Gasteiger partial charge >= 0.3 is 0 Å². The summed E-state index contributed by atoms with van der Waals surface area (Å²) in [5.74, 6) is 0. The van der Waals surface area contributed by atoms with Gasteiger partial charge in [-0.2, -0.15) is 0 Å². The van der Waals surface area contributed by atoms with Crippen molar-refractivity contribution in [1.29, 1.82) is 0 Å². The van der Waals surface area contributed by atoms with Crippen LogP contribution in [0.3, 0.4) is 0 Å². The summed E-state index contributed by atoms with van der Waals surface area (Å²) in [4.78, 5) is 0. The first-order chi connectivity index (χ1) is 4.97. The van der Waals surface area contributed by atoms with Crippen LogP contribution in [0.25, 0.3) is 0 Å². The smallest absolute Gasteiger partial charge is 0.0269 e. The van der Waals surface area contributed by atoms with Gasteiger partial charge < -0.3 is 0 Å². The molecule has 2 rings (SSSR count). The Morgan fingerprint density at radius 3 is 2.10 bits per heavy atom. The third kappa shape index (κ3) is 1.34. The van der Waals surface area contributed by atoms with Crippen molar-refractivity contribution >= 4 is 8.88 Å². The summed E-state index contributed by atoms with van der Waals surface area (Å²) in [6, 6.07) is 1.61. The largest absolute Gasteiger partial charge is 0.282 e. The van der Waals surface area contributed by atoms with Crippen LogP contribution >= 0.6 is 8.88 Å². The van der Waals surface area contributed by atoms with E-state index >= 15 is 0 Å². The first-order valence-electron chi connectivity index (χ1n) is 4.23. The Kier molecular flexibility index (Phi) is 2.22. The van der Waals surface area contributed by atoms with Crippen molar-refractivity contribution in [1.82, 2.24) is 10.2 Å². The molecule has 10 heavy (non-hydrogen) atoms. The number of hydrogen-bond acceptors (Lipinski definition) is 2. The van der Waals surface area contributed by atoms with Gasteiger partial charge in [0.05, 0.1) is 0 Å². The fraction of sp³-hybridized carbons (Fsp3) is 1.00. The quantitative estimate of drug-likeness (QED) is 0.520. The Bertz CT molecular complexity index is 106.